The Morgan fingerprint density at radius 1 is 1.38 bits per heavy atom. The molecule has 0 spiro atoms. The Bertz CT molecular complexity index is 605. The number of carbonyl (C=O) groups is 1. The fraction of sp³-hybridized carbons (Fsp3) is 0.357. The number of benzene rings is 1. The molecule has 0 saturated heterocycles. The van der Waals surface area contributed by atoms with Crippen LogP contribution in [-0.2, 0) is 0 Å². The molecule has 1 aromatic heterocycles. The molecule has 7 nitrogen and oxygen atoms in total. The van der Waals surface area contributed by atoms with Crippen LogP contribution in [0.3, 0.4) is 0 Å². The molecular weight excluding hydrogens is 272 g/mol. The van der Waals surface area contributed by atoms with Crippen molar-refractivity contribution in [3.8, 4) is 11.4 Å². The van der Waals surface area contributed by atoms with E-state index in [9.17, 15) is 4.79 Å². The van der Waals surface area contributed by atoms with Gasteiger partial charge in [-0.05, 0) is 31.2 Å². The SMILES string of the molecule is C[C@@H](O)CNC(=O)c1nc(-c2ccc(N(C)C)cc2)no1. The highest BCUT2D eigenvalue weighted by Gasteiger charge is 2.16. The number of hydrogen-bond acceptors (Lipinski definition) is 6. The predicted octanol–water partition coefficient (Wildman–Crippen LogP) is 0.913. The van der Waals surface area contributed by atoms with Gasteiger partial charge in [0.15, 0.2) is 0 Å². The highest BCUT2D eigenvalue weighted by molar-refractivity contribution is 5.89. The molecule has 0 aliphatic carbocycles. The summed E-state index contributed by atoms with van der Waals surface area (Å²) in [6, 6.07) is 7.58. The third-order valence-corrected chi connectivity index (χ3v) is 2.82. The van der Waals surface area contributed by atoms with E-state index in [2.05, 4.69) is 15.5 Å². The van der Waals surface area contributed by atoms with Crippen molar-refractivity contribution >= 4 is 11.6 Å². The first-order valence-corrected chi connectivity index (χ1v) is 6.55. The Morgan fingerprint density at radius 3 is 2.62 bits per heavy atom. The van der Waals surface area contributed by atoms with Crippen molar-refractivity contribution in [1.82, 2.24) is 15.5 Å². The van der Waals surface area contributed by atoms with Gasteiger partial charge in [0, 0.05) is 31.9 Å². The number of aliphatic hydroxyl groups is 1. The standard InChI is InChI=1S/C14H18N4O3/c1-9(19)8-15-13(20)14-16-12(17-21-14)10-4-6-11(7-5-10)18(2)3/h4-7,9,19H,8H2,1-3H3,(H,15,20)/t9-/m1/s1. The van der Waals surface area contributed by atoms with E-state index in [-0.39, 0.29) is 12.4 Å². The molecule has 0 radical (unpaired) electrons. The second-order valence-electron chi connectivity index (χ2n) is 4.92. The van der Waals surface area contributed by atoms with E-state index in [4.69, 9.17) is 9.63 Å². The summed E-state index contributed by atoms with van der Waals surface area (Å²) in [7, 11) is 3.90. The van der Waals surface area contributed by atoms with Crippen LogP contribution in [0.2, 0.25) is 0 Å². The summed E-state index contributed by atoms with van der Waals surface area (Å²) in [5.41, 5.74) is 1.82. The Kier molecular flexibility index (Phi) is 4.54. The second-order valence-corrected chi connectivity index (χ2v) is 4.92. The molecule has 0 saturated carbocycles. The van der Waals surface area contributed by atoms with E-state index in [1.165, 1.54) is 0 Å². The number of carbonyl (C=O) groups excluding carboxylic acids is 1. The molecule has 0 fully saturated rings. The first-order valence-electron chi connectivity index (χ1n) is 6.55. The number of aliphatic hydroxyl groups excluding tert-OH is 1. The molecule has 21 heavy (non-hydrogen) atoms. The molecule has 0 unspecified atom stereocenters. The Balaban J connectivity index is 2.10. The summed E-state index contributed by atoms with van der Waals surface area (Å²) >= 11 is 0. The summed E-state index contributed by atoms with van der Waals surface area (Å²) in [6.45, 7) is 1.71. The lowest BCUT2D eigenvalue weighted by atomic mass is 10.2. The van der Waals surface area contributed by atoms with E-state index in [1.807, 2.05) is 43.3 Å². The Labute approximate surface area is 122 Å². The van der Waals surface area contributed by atoms with Crippen LogP contribution in [-0.4, -0.2) is 47.9 Å². The van der Waals surface area contributed by atoms with Gasteiger partial charge in [-0.2, -0.15) is 4.98 Å². The smallest absolute Gasteiger partial charge is 0.316 e. The zero-order valence-corrected chi connectivity index (χ0v) is 12.2. The van der Waals surface area contributed by atoms with Crippen LogP contribution >= 0.6 is 0 Å². The molecule has 7 heteroatoms. The molecule has 2 aromatic rings. The summed E-state index contributed by atoms with van der Waals surface area (Å²) < 4.78 is 4.93. The molecule has 1 amide bonds. The van der Waals surface area contributed by atoms with Gasteiger partial charge < -0.3 is 19.8 Å². The number of anilines is 1. The Morgan fingerprint density at radius 2 is 2.05 bits per heavy atom. The minimum atomic E-state index is -0.630. The first kappa shape index (κ1) is 15.0. The van der Waals surface area contributed by atoms with Crippen molar-refractivity contribution < 1.29 is 14.4 Å². The van der Waals surface area contributed by atoms with Gasteiger partial charge in [-0.3, -0.25) is 4.79 Å². The zero-order chi connectivity index (χ0) is 15.4. The molecule has 112 valence electrons. The van der Waals surface area contributed by atoms with Crippen LogP contribution in [0.4, 0.5) is 5.69 Å². The van der Waals surface area contributed by atoms with Gasteiger partial charge in [0.2, 0.25) is 5.82 Å². The maximum Gasteiger partial charge on any atom is 0.316 e. The van der Waals surface area contributed by atoms with Crippen LogP contribution in [0.1, 0.15) is 17.6 Å². The molecule has 0 aliphatic heterocycles. The monoisotopic (exact) mass is 290 g/mol. The van der Waals surface area contributed by atoms with Crippen LogP contribution in [0.5, 0.6) is 0 Å². The first-order chi connectivity index (χ1) is 9.97. The summed E-state index contributed by atoms with van der Waals surface area (Å²) in [5.74, 6) is -0.274. The summed E-state index contributed by atoms with van der Waals surface area (Å²) in [5, 5.41) is 15.4. The quantitative estimate of drug-likeness (QED) is 0.850. The highest BCUT2D eigenvalue weighted by atomic mass is 16.5. The van der Waals surface area contributed by atoms with E-state index in [0.717, 1.165) is 11.3 Å². The Hall–Kier alpha value is -2.41. The maximum atomic E-state index is 11.7. The highest BCUT2D eigenvalue weighted by Crippen LogP contribution is 2.19. The number of rotatable bonds is 5. The predicted molar refractivity (Wildman–Crippen MR) is 78.1 cm³/mol. The zero-order valence-electron chi connectivity index (χ0n) is 12.2. The molecule has 2 rings (SSSR count). The van der Waals surface area contributed by atoms with Crippen molar-refractivity contribution in [2.75, 3.05) is 25.5 Å². The average Bonchev–Trinajstić information content (AvgIpc) is 2.94. The lowest BCUT2D eigenvalue weighted by Crippen LogP contribution is -2.30. The number of nitrogens with one attached hydrogen (secondary N) is 1. The normalized spacial score (nSPS) is 12.0. The van der Waals surface area contributed by atoms with Gasteiger partial charge >= 0.3 is 11.8 Å². The van der Waals surface area contributed by atoms with Crippen LogP contribution < -0.4 is 10.2 Å². The van der Waals surface area contributed by atoms with Crippen LogP contribution in [0.25, 0.3) is 11.4 Å². The number of hydrogen-bond donors (Lipinski definition) is 2. The van der Waals surface area contributed by atoms with Crippen LogP contribution in [0, 0.1) is 0 Å². The summed E-state index contributed by atoms with van der Waals surface area (Å²) in [4.78, 5) is 17.7. The topological polar surface area (TPSA) is 91.5 Å². The van der Waals surface area contributed by atoms with Crippen molar-refractivity contribution in [2.24, 2.45) is 0 Å². The van der Waals surface area contributed by atoms with Gasteiger partial charge in [0.05, 0.1) is 6.10 Å². The third kappa shape index (κ3) is 3.79. The molecule has 0 aliphatic rings. The number of aromatic nitrogens is 2. The van der Waals surface area contributed by atoms with Crippen molar-refractivity contribution in [1.29, 1.82) is 0 Å². The summed E-state index contributed by atoms with van der Waals surface area (Å²) in [6.07, 6.45) is -0.630. The van der Waals surface area contributed by atoms with Crippen molar-refractivity contribution in [2.45, 2.75) is 13.0 Å². The minimum Gasteiger partial charge on any atom is -0.392 e. The average molecular weight is 290 g/mol. The van der Waals surface area contributed by atoms with E-state index in [0.29, 0.717) is 5.82 Å². The van der Waals surface area contributed by atoms with Gasteiger partial charge in [0.1, 0.15) is 0 Å². The van der Waals surface area contributed by atoms with E-state index < -0.39 is 12.0 Å². The maximum absolute atomic E-state index is 11.7. The fourth-order valence-electron chi connectivity index (χ4n) is 1.66. The molecule has 1 aromatic carbocycles. The lowest BCUT2D eigenvalue weighted by molar-refractivity contribution is 0.0880. The second kappa shape index (κ2) is 6.36. The van der Waals surface area contributed by atoms with Crippen molar-refractivity contribution in [3.63, 3.8) is 0 Å². The van der Waals surface area contributed by atoms with Gasteiger partial charge in [-0.1, -0.05) is 5.16 Å². The molecule has 0 bridgehead atoms. The molecular formula is C14H18N4O3. The van der Waals surface area contributed by atoms with Gasteiger partial charge in [-0.15, -0.1) is 0 Å². The van der Waals surface area contributed by atoms with E-state index in [1.54, 1.807) is 6.92 Å². The minimum absolute atomic E-state index is 0.123. The number of nitrogens with zero attached hydrogens (tertiary/aromatic N) is 3. The molecule has 2 N–H and O–H groups in total. The van der Waals surface area contributed by atoms with Gasteiger partial charge in [-0.25, -0.2) is 0 Å². The lowest BCUT2D eigenvalue weighted by Gasteiger charge is -2.11. The number of amides is 1. The largest absolute Gasteiger partial charge is 0.392 e. The molecule has 1 atom stereocenters. The van der Waals surface area contributed by atoms with E-state index >= 15 is 0 Å². The van der Waals surface area contributed by atoms with Crippen LogP contribution in [0.15, 0.2) is 28.8 Å². The van der Waals surface area contributed by atoms with Crippen molar-refractivity contribution in [3.05, 3.63) is 30.2 Å². The molecule has 1 heterocycles. The third-order valence-electron chi connectivity index (χ3n) is 2.82. The van der Waals surface area contributed by atoms with Gasteiger partial charge in [0.25, 0.3) is 0 Å². The fourth-order valence-corrected chi connectivity index (χ4v) is 1.66.